The molecule has 0 aliphatic heterocycles. The monoisotopic (exact) mass is 299 g/mol. The first-order valence-electron chi connectivity index (χ1n) is 6.89. The first kappa shape index (κ1) is 14.0. The number of ether oxygens (including phenoxy) is 1. The summed E-state index contributed by atoms with van der Waals surface area (Å²) in [6, 6.07) is 8.00. The summed E-state index contributed by atoms with van der Waals surface area (Å²) in [5.41, 5.74) is 3.02. The van der Waals surface area contributed by atoms with Crippen LogP contribution in [0.2, 0.25) is 0 Å². The van der Waals surface area contributed by atoms with Crippen LogP contribution in [0.4, 0.5) is 0 Å². The second-order valence-electron chi connectivity index (χ2n) is 4.65. The van der Waals surface area contributed by atoms with Crippen molar-refractivity contribution in [3.05, 3.63) is 53.3 Å². The van der Waals surface area contributed by atoms with E-state index in [0.29, 0.717) is 0 Å². The predicted molar refractivity (Wildman–Crippen MR) is 85.9 cm³/mol. The minimum absolute atomic E-state index is 0.0230. The van der Waals surface area contributed by atoms with Crippen LogP contribution in [0.3, 0.4) is 0 Å². The molecule has 21 heavy (non-hydrogen) atoms. The summed E-state index contributed by atoms with van der Waals surface area (Å²) in [6.45, 7) is 2.92. The SMILES string of the molecule is CCNC(c1cnc2ccsc2c1)c1ncccc1OC. The fourth-order valence-electron chi connectivity index (χ4n) is 2.39. The average Bonchev–Trinajstić information content (AvgIpc) is 3.00. The fraction of sp³-hybridized carbons (Fsp3) is 0.250. The molecule has 5 heteroatoms. The van der Waals surface area contributed by atoms with Crippen molar-refractivity contribution in [1.82, 2.24) is 15.3 Å². The minimum Gasteiger partial charge on any atom is -0.495 e. The van der Waals surface area contributed by atoms with Crippen molar-refractivity contribution < 1.29 is 4.74 Å². The van der Waals surface area contributed by atoms with E-state index < -0.39 is 0 Å². The fourth-order valence-corrected chi connectivity index (χ4v) is 3.18. The molecule has 0 spiro atoms. The Hall–Kier alpha value is -1.98. The van der Waals surface area contributed by atoms with Gasteiger partial charge in [0.15, 0.2) is 0 Å². The van der Waals surface area contributed by atoms with Crippen molar-refractivity contribution >= 4 is 21.6 Å². The van der Waals surface area contributed by atoms with Crippen molar-refractivity contribution in [3.8, 4) is 5.75 Å². The zero-order valence-electron chi connectivity index (χ0n) is 12.0. The van der Waals surface area contributed by atoms with E-state index in [2.05, 4.69) is 33.7 Å². The van der Waals surface area contributed by atoms with Crippen LogP contribution in [-0.4, -0.2) is 23.6 Å². The summed E-state index contributed by atoms with van der Waals surface area (Å²) in [7, 11) is 1.67. The van der Waals surface area contributed by atoms with E-state index in [4.69, 9.17) is 4.74 Å². The first-order valence-corrected chi connectivity index (χ1v) is 7.77. The summed E-state index contributed by atoms with van der Waals surface area (Å²) in [4.78, 5) is 9.03. The third-order valence-electron chi connectivity index (χ3n) is 3.36. The van der Waals surface area contributed by atoms with Crippen molar-refractivity contribution in [1.29, 1.82) is 0 Å². The Labute approximate surface area is 127 Å². The molecule has 3 rings (SSSR count). The van der Waals surface area contributed by atoms with Gasteiger partial charge in [0.25, 0.3) is 0 Å². The van der Waals surface area contributed by atoms with Gasteiger partial charge in [0.1, 0.15) is 11.4 Å². The molecule has 0 saturated heterocycles. The highest BCUT2D eigenvalue weighted by atomic mass is 32.1. The molecular formula is C16H17N3OS. The number of thiophene rings is 1. The maximum absolute atomic E-state index is 5.45. The van der Waals surface area contributed by atoms with E-state index in [1.54, 1.807) is 24.6 Å². The lowest BCUT2D eigenvalue weighted by Gasteiger charge is -2.19. The molecule has 0 amide bonds. The Bertz CT molecular complexity index is 741. The van der Waals surface area contributed by atoms with Crippen LogP contribution in [0.15, 0.2) is 42.0 Å². The number of methoxy groups -OCH3 is 1. The summed E-state index contributed by atoms with van der Waals surface area (Å²) >= 11 is 1.70. The Morgan fingerprint density at radius 1 is 1.33 bits per heavy atom. The number of hydrogen-bond acceptors (Lipinski definition) is 5. The molecule has 108 valence electrons. The lowest BCUT2D eigenvalue weighted by atomic mass is 10.0. The number of fused-ring (bicyclic) bond motifs is 1. The molecule has 1 N–H and O–H groups in total. The van der Waals surface area contributed by atoms with Gasteiger partial charge in [-0.25, -0.2) is 0 Å². The van der Waals surface area contributed by atoms with Crippen LogP contribution in [-0.2, 0) is 0 Å². The molecule has 0 aromatic carbocycles. The third-order valence-corrected chi connectivity index (χ3v) is 4.21. The van der Waals surface area contributed by atoms with Gasteiger partial charge in [0.05, 0.1) is 23.4 Å². The highest BCUT2D eigenvalue weighted by molar-refractivity contribution is 7.17. The number of nitrogens with one attached hydrogen (secondary N) is 1. The van der Waals surface area contributed by atoms with E-state index in [0.717, 1.165) is 29.1 Å². The van der Waals surface area contributed by atoms with Crippen LogP contribution in [0.5, 0.6) is 5.75 Å². The normalized spacial score (nSPS) is 12.5. The number of pyridine rings is 2. The van der Waals surface area contributed by atoms with E-state index in [1.165, 1.54) is 4.70 Å². The molecule has 4 nitrogen and oxygen atoms in total. The second-order valence-corrected chi connectivity index (χ2v) is 5.60. The first-order chi connectivity index (χ1) is 10.3. The lowest BCUT2D eigenvalue weighted by molar-refractivity contribution is 0.400. The largest absolute Gasteiger partial charge is 0.495 e. The van der Waals surface area contributed by atoms with Crippen molar-refractivity contribution in [2.45, 2.75) is 13.0 Å². The van der Waals surface area contributed by atoms with Crippen molar-refractivity contribution in [2.75, 3.05) is 13.7 Å². The molecular weight excluding hydrogens is 282 g/mol. The maximum atomic E-state index is 5.45. The van der Waals surface area contributed by atoms with Crippen LogP contribution in [0.25, 0.3) is 10.2 Å². The molecule has 3 aromatic rings. The molecule has 0 bridgehead atoms. The number of aromatic nitrogens is 2. The zero-order chi connectivity index (χ0) is 14.7. The smallest absolute Gasteiger partial charge is 0.142 e. The number of nitrogens with zero attached hydrogens (tertiary/aromatic N) is 2. The Morgan fingerprint density at radius 3 is 3.05 bits per heavy atom. The number of rotatable bonds is 5. The predicted octanol–water partition coefficient (Wildman–Crippen LogP) is 3.40. The molecule has 3 aromatic heterocycles. The van der Waals surface area contributed by atoms with Gasteiger partial charge in [0, 0.05) is 12.4 Å². The number of hydrogen-bond donors (Lipinski definition) is 1. The van der Waals surface area contributed by atoms with Crippen molar-refractivity contribution in [3.63, 3.8) is 0 Å². The van der Waals surface area contributed by atoms with Gasteiger partial charge in [-0.2, -0.15) is 0 Å². The Morgan fingerprint density at radius 2 is 2.24 bits per heavy atom. The molecule has 1 atom stereocenters. The molecule has 0 radical (unpaired) electrons. The summed E-state index contributed by atoms with van der Waals surface area (Å²) < 4.78 is 6.63. The van der Waals surface area contributed by atoms with E-state index in [9.17, 15) is 0 Å². The van der Waals surface area contributed by atoms with Gasteiger partial charge in [-0.05, 0) is 41.8 Å². The Balaban J connectivity index is 2.07. The summed E-state index contributed by atoms with van der Waals surface area (Å²) in [5.74, 6) is 0.787. The van der Waals surface area contributed by atoms with Gasteiger partial charge < -0.3 is 10.1 Å². The minimum atomic E-state index is -0.0230. The van der Waals surface area contributed by atoms with Gasteiger partial charge in [-0.3, -0.25) is 9.97 Å². The Kier molecular flexibility index (Phi) is 4.13. The lowest BCUT2D eigenvalue weighted by Crippen LogP contribution is -2.23. The summed E-state index contributed by atoms with van der Waals surface area (Å²) in [6.07, 6.45) is 3.70. The quantitative estimate of drug-likeness (QED) is 0.784. The molecule has 1 unspecified atom stereocenters. The van der Waals surface area contributed by atoms with Gasteiger partial charge in [-0.15, -0.1) is 11.3 Å². The van der Waals surface area contributed by atoms with Gasteiger partial charge in [0.2, 0.25) is 0 Å². The second kappa shape index (κ2) is 6.20. The topological polar surface area (TPSA) is 47.0 Å². The third kappa shape index (κ3) is 2.75. The van der Waals surface area contributed by atoms with E-state index in [1.807, 2.05) is 24.4 Å². The van der Waals surface area contributed by atoms with Crippen LogP contribution in [0, 0.1) is 0 Å². The van der Waals surface area contributed by atoms with Crippen LogP contribution in [0.1, 0.15) is 24.2 Å². The standard InChI is InChI=1S/C16H17N3OS/c1-3-17-15(16-13(20-2)5-4-7-18-16)11-9-14-12(19-10-11)6-8-21-14/h4-10,15,17H,3H2,1-2H3. The highest BCUT2D eigenvalue weighted by Gasteiger charge is 2.19. The molecule has 0 aliphatic carbocycles. The average molecular weight is 299 g/mol. The van der Waals surface area contributed by atoms with Gasteiger partial charge in [-0.1, -0.05) is 6.92 Å². The molecule has 0 saturated carbocycles. The van der Waals surface area contributed by atoms with Gasteiger partial charge >= 0.3 is 0 Å². The van der Waals surface area contributed by atoms with Crippen LogP contribution < -0.4 is 10.1 Å². The molecule has 3 heterocycles. The highest BCUT2D eigenvalue weighted by Crippen LogP contribution is 2.30. The molecule has 0 aliphatic rings. The maximum Gasteiger partial charge on any atom is 0.142 e. The summed E-state index contributed by atoms with van der Waals surface area (Å²) in [5, 5.41) is 5.53. The van der Waals surface area contributed by atoms with E-state index >= 15 is 0 Å². The van der Waals surface area contributed by atoms with Crippen molar-refractivity contribution in [2.24, 2.45) is 0 Å². The van der Waals surface area contributed by atoms with Crippen LogP contribution >= 0.6 is 11.3 Å². The molecule has 0 fully saturated rings. The zero-order valence-corrected chi connectivity index (χ0v) is 12.9. The van der Waals surface area contributed by atoms with E-state index in [-0.39, 0.29) is 6.04 Å².